The number of nitrogens with zero attached hydrogens (tertiary/aromatic N) is 2. The number of carbonyl (C=O) groups is 1. The van der Waals surface area contributed by atoms with Gasteiger partial charge in [-0.25, -0.2) is 9.78 Å². The van der Waals surface area contributed by atoms with Crippen LogP contribution >= 0.6 is 22.7 Å². The van der Waals surface area contributed by atoms with Crippen LogP contribution in [0.15, 0.2) is 22.3 Å². The Morgan fingerprint density at radius 2 is 2.17 bits per heavy atom. The maximum absolute atomic E-state index is 12.3. The molecular formula is C17H16N2O3S2. The van der Waals surface area contributed by atoms with Crippen LogP contribution < -0.4 is 5.56 Å². The normalized spacial score (nSPS) is 13.9. The van der Waals surface area contributed by atoms with Crippen molar-refractivity contribution in [3.05, 3.63) is 54.6 Å². The minimum Gasteiger partial charge on any atom is -0.455 e. The molecule has 3 heterocycles. The number of thiophene rings is 1. The minimum atomic E-state index is -0.334. The molecule has 0 amide bonds. The van der Waals surface area contributed by atoms with Crippen molar-refractivity contribution >= 4 is 33.6 Å². The lowest BCUT2D eigenvalue weighted by atomic mass is 9.99. The van der Waals surface area contributed by atoms with Crippen LogP contribution in [0.2, 0.25) is 0 Å². The maximum atomic E-state index is 12.3. The van der Waals surface area contributed by atoms with E-state index in [9.17, 15) is 9.59 Å². The van der Waals surface area contributed by atoms with Gasteiger partial charge in [-0.05, 0) is 44.2 Å². The van der Waals surface area contributed by atoms with Crippen LogP contribution in [0.5, 0.6) is 0 Å². The summed E-state index contributed by atoms with van der Waals surface area (Å²) in [4.78, 5) is 31.4. The zero-order chi connectivity index (χ0) is 16.7. The largest absolute Gasteiger partial charge is 0.455 e. The number of rotatable bonds is 3. The van der Waals surface area contributed by atoms with Crippen LogP contribution in [0.3, 0.4) is 0 Å². The van der Waals surface area contributed by atoms with E-state index in [2.05, 4.69) is 4.98 Å². The van der Waals surface area contributed by atoms with Crippen molar-refractivity contribution in [2.75, 3.05) is 0 Å². The van der Waals surface area contributed by atoms with E-state index in [1.165, 1.54) is 52.0 Å². The predicted octanol–water partition coefficient (Wildman–Crippen LogP) is 3.36. The number of ether oxygens (including phenoxy) is 1. The predicted molar refractivity (Wildman–Crippen MR) is 94.2 cm³/mol. The molecule has 1 aliphatic carbocycles. The molecule has 0 aliphatic heterocycles. The lowest BCUT2D eigenvalue weighted by molar-refractivity contribution is 0.0473. The molecule has 0 spiro atoms. The Morgan fingerprint density at radius 3 is 3.00 bits per heavy atom. The highest BCUT2D eigenvalue weighted by molar-refractivity contribution is 7.15. The van der Waals surface area contributed by atoms with E-state index in [0.29, 0.717) is 15.5 Å². The number of carbonyl (C=O) groups excluding carboxylic acids is 1. The second-order valence-electron chi connectivity index (χ2n) is 5.92. The van der Waals surface area contributed by atoms with Gasteiger partial charge in [-0.1, -0.05) is 0 Å². The van der Waals surface area contributed by atoms with Crippen molar-refractivity contribution in [1.29, 1.82) is 0 Å². The van der Waals surface area contributed by atoms with E-state index >= 15 is 0 Å². The Labute approximate surface area is 146 Å². The Kier molecular flexibility index (Phi) is 3.97. The summed E-state index contributed by atoms with van der Waals surface area (Å²) in [6, 6.07) is 3.38. The van der Waals surface area contributed by atoms with Crippen molar-refractivity contribution in [2.45, 2.75) is 39.2 Å². The Morgan fingerprint density at radius 1 is 1.33 bits per heavy atom. The fourth-order valence-electron chi connectivity index (χ4n) is 2.98. The molecule has 4 rings (SSSR count). The first-order valence-electron chi connectivity index (χ1n) is 7.87. The van der Waals surface area contributed by atoms with Gasteiger partial charge >= 0.3 is 5.97 Å². The molecule has 3 aromatic rings. The fourth-order valence-corrected chi connectivity index (χ4v) is 5.01. The number of fused-ring (bicyclic) bond motifs is 2. The van der Waals surface area contributed by atoms with Gasteiger partial charge in [-0.3, -0.25) is 9.20 Å². The summed E-state index contributed by atoms with van der Waals surface area (Å²) >= 11 is 2.93. The van der Waals surface area contributed by atoms with Gasteiger partial charge in [-0.15, -0.1) is 22.7 Å². The summed E-state index contributed by atoms with van der Waals surface area (Å²) in [5, 5.41) is 1.88. The lowest BCUT2D eigenvalue weighted by Gasteiger charge is -2.08. The number of esters is 1. The summed E-state index contributed by atoms with van der Waals surface area (Å²) in [7, 11) is 0. The Balaban J connectivity index is 1.51. The Hall–Kier alpha value is -1.99. The molecule has 1 aliphatic rings. The van der Waals surface area contributed by atoms with E-state index in [4.69, 9.17) is 4.74 Å². The topological polar surface area (TPSA) is 60.7 Å². The summed E-state index contributed by atoms with van der Waals surface area (Å²) in [6.07, 6.45) is 4.48. The second-order valence-corrected chi connectivity index (χ2v) is 7.90. The molecule has 3 aromatic heterocycles. The van der Waals surface area contributed by atoms with Crippen molar-refractivity contribution in [3.8, 4) is 0 Å². The molecule has 0 bridgehead atoms. The molecule has 0 fully saturated rings. The molecule has 0 saturated carbocycles. The molecule has 7 heteroatoms. The third-order valence-corrected chi connectivity index (χ3v) is 6.34. The van der Waals surface area contributed by atoms with E-state index in [1.54, 1.807) is 4.40 Å². The summed E-state index contributed by atoms with van der Waals surface area (Å²) in [5.41, 5.74) is 2.48. The molecule has 0 aromatic carbocycles. The molecule has 0 unspecified atom stereocenters. The van der Waals surface area contributed by atoms with Gasteiger partial charge in [0, 0.05) is 22.0 Å². The first-order chi connectivity index (χ1) is 11.6. The van der Waals surface area contributed by atoms with Crippen LogP contribution in [0.1, 0.15) is 44.3 Å². The molecular weight excluding hydrogens is 344 g/mol. The number of thiazole rings is 1. The maximum Gasteiger partial charge on any atom is 0.348 e. The van der Waals surface area contributed by atoms with Crippen LogP contribution in [-0.4, -0.2) is 15.4 Å². The molecule has 24 heavy (non-hydrogen) atoms. The quantitative estimate of drug-likeness (QED) is 0.672. The summed E-state index contributed by atoms with van der Waals surface area (Å²) in [6.45, 7) is 1.88. The van der Waals surface area contributed by atoms with Gasteiger partial charge in [0.25, 0.3) is 5.56 Å². The second kappa shape index (κ2) is 6.14. The van der Waals surface area contributed by atoms with Crippen molar-refractivity contribution in [1.82, 2.24) is 9.38 Å². The van der Waals surface area contributed by atoms with E-state index in [-0.39, 0.29) is 18.1 Å². The van der Waals surface area contributed by atoms with Crippen LogP contribution in [0, 0.1) is 6.92 Å². The molecule has 0 radical (unpaired) electrons. The third-order valence-electron chi connectivity index (χ3n) is 4.18. The average Bonchev–Trinajstić information content (AvgIpc) is 3.16. The van der Waals surface area contributed by atoms with Gasteiger partial charge < -0.3 is 4.74 Å². The highest BCUT2D eigenvalue weighted by Crippen LogP contribution is 2.30. The molecule has 124 valence electrons. The highest BCUT2D eigenvalue weighted by Gasteiger charge is 2.18. The minimum absolute atomic E-state index is 0.0179. The monoisotopic (exact) mass is 360 g/mol. The SMILES string of the molecule is Cc1csc2nc(COC(=O)c3cc4c(s3)CCCC4)cc(=O)n12. The molecule has 0 atom stereocenters. The van der Waals surface area contributed by atoms with Crippen LogP contribution in [0.25, 0.3) is 4.96 Å². The zero-order valence-electron chi connectivity index (χ0n) is 13.2. The summed E-state index contributed by atoms with van der Waals surface area (Å²) < 4.78 is 6.93. The molecule has 0 N–H and O–H groups in total. The smallest absolute Gasteiger partial charge is 0.348 e. The van der Waals surface area contributed by atoms with Crippen LogP contribution in [-0.2, 0) is 24.2 Å². The van der Waals surface area contributed by atoms with E-state index < -0.39 is 0 Å². The first-order valence-corrected chi connectivity index (χ1v) is 9.57. The van der Waals surface area contributed by atoms with E-state index in [0.717, 1.165) is 18.5 Å². The number of aryl methyl sites for hydroxylation is 3. The van der Waals surface area contributed by atoms with Gasteiger partial charge in [0.15, 0.2) is 4.96 Å². The third kappa shape index (κ3) is 2.78. The van der Waals surface area contributed by atoms with Gasteiger partial charge in [0.05, 0.1) is 5.69 Å². The first kappa shape index (κ1) is 15.5. The zero-order valence-corrected chi connectivity index (χ0v) is 14.8. The lowest BCUT2D eigenvalue weighted by Crippen LogP contribution is -2.16. The average molecular weight is 360 g/mol. The number of hydrogen-bond donors (Lipinski definition) is 0. The van der Waals surface area contributed by atoms with Crippen molar-refractivity contribution in [2.24, 2.45) is 0 Å². The number of aromatic nitrogens is 2. The van der Waals surface area contributed by atoms with Gasteiger partial charge in [0.1, 0.15) is 11.5 Å². The van der Waals surface area contributed by atoms with Crippen molar-refractivity contribution in [3.63, 3.8) is 0 Å². The van der Waals surface area contributed by atoms with Gasteiger partial charge in [-0.2, -0.15) is 0 Å². The fraction of sp³-hybridized carbons (Fsp3) is 0.353. The standard InChI is InChI=1S/C17H16N2O3S2/c1-10-9-23-17-18-12(7-15(20)19(10)17)8-22-16(21)14-6-11-4-2-3-5-13(11)24-14/h6-7,9H,2-5,8H2,1H3. The molecule has 5 nitrogen and oxygen atoms in total. The number of hydrogen-bond acceptors (Lipinski definition) is 6. The van der Waals surface area contributed by atoms with Gasteiger partial charge in [0.2, 0.25) is 0 Å². The molecule has 0 saturated heterocycles. The highest BCUT2D eigenvalue weighted by atomic mass is 32.1. The van der Waals surface area contributed by atoms with E-state index in [1.807, 2.05) is 18.4 Å². The van der Waals surface area contributed by atoms with Crippen molar-refractivity contribution < 1.29 is 9.53 Å². The van der Waals surface area contributed by atoms with Crippen LogP contribution in [0.4, 0.5) is 0 Å². The summed E-state index contributed by atoms with van der Waals surface area (Å²) in [5.74, 6) is -0.334. The Bertz CT molecular complexity index is 960.